The quantitative estimate of drug-likeness (QED) is 0.308. The molecule has 2 rings (SSSR count). The molecule has 30 heavy (non-hydrogen) atoms. The van der Waals surface area contributed by atoms with Crippen LogP contribution in [0, 0.1) is 5.92 Å². The summed E-state index contributed by atoms with van der Waals surface area (Å²) in [7, 11) is 5.12. The molecule has 2 aromatic rings. The third-order valence-corrected chi connectivity index (χ3v) is 5.94. The molecule has 0 aromatic heterocycles. The number of guanidine groups is 1. The number of para-hydroxylation sites is 1. The molecule has 6 nitrogen and oxygen atoms in total. The van der Waals surface area contributed by atoms with Crippen molar-refractivity contribution in [1.29, 1.82) is 0 Å². The lowest BCUT2D eigenvalue weighted by molar-refractivity contribution is 0.0963. The maximum absolute atomic E-state index is 11.8. The molecule has 0 saturated carbocycles. The second-order valence-electron chi connectivity index (χ2n) is 6.98. The van der Waals surface area contributed by atoms with E-state index in [1.165, 1.54) is 0 Å². The van der Waals surface area contributed by atoms with E-state index in [2.05, 4.69) is 33.9 Å². The van der Waals surface area contributed by atoms with Crippen LogP contribution in [0.4, 0.5) is 0 Å². The number of thioether (sulfide) groups is 1. The number of ether oxygens (including phenoxy) is 1. The van der Waals surface area contributed by atoms with Crippen molar-refractivity contribution in [1.82, 2.24) is 16.0 Å². The molecule has 0 bridgehead atoms. The number of nitrogens with zero attached hydrogens (tertiary/aromatic N) is 1. The number of carbonyl (C=O) groups excluding carboxylic acids is 1. The fourth-order valence-electron chi connectivity index (χ4n) is 2.86. The van der Waals surface area contributed by atoms with E-state index in [1.807, 2.05) is 42.5 Å². The molecule has 1 amide bonds. The molecule has 0 aliphatic heterocycles. The van der Waals surface area contributed by atoms with Gasteiger partial charge in [0.25, 0.3) is 5.91 Å². The maximum atomic E-state index is 11.8. The zero-order valence-corrected chi connectivity index (χ0v) is 19.0. The van der Waals surface area contributed by atoms with Crippen molar-refractivity contribution < 1.29 is 9.53 Å². The van der Waals surface area contributed by atoms with Crippen molar-refractivity contribution in [3.63, 3.8) is 0 Å². The summed E-state index contributed by atoms with van der Waals surface area (Å²) < 4.78 is 5.41. The van der Waals surface area contributed by atoms with Gasteiger partial charge >= 0.3 is 0 Å². The summed E-state index contributed by atoms with van der Waals surface area (Å²) in [6.45, 7) is 3.78. The van der Waals surface area contributed by atoms with E-state index in [9.17, 15) is 4.79 Å². The van der Waals surface area contributed by atoms with Crippen LogP contribution in [0.25, 0.3) is 0 Å². The van der Waals surface area contributed by atoms with Gasteiger partial charge < -0.3 is 20.7 Å². The Bertz CT molecular complexity index is 841. The molecule has 3 N–H and O–H groups in total. The minimum atomic E-state index is -0.0673. The van der Waals surface area contributed by atoms with Crippen molar-refractivity contribution in [2.45, 2.75) is 18.2 Å². The monoisotopic (exact) mass is 428 g/mol. The van der Waals surface area contributed by atoms with Crippen LogP contribution in [0.3, 0.4) is 0 Å². The van der Waals surface area contributed by atoms with Crippen LogP contribution in [-0.4, -0.2) is 51.9 Å². The molecule has 2 aromatic carbocycles. The van der Waals surface area contributed by atoms with Crippen LogP contribution in [0.1, 0.15) is 22.8 Å². The summed E-state index contributed by atoms with van der Waals surface area (Å²) in [6.07, 6.45) is 0.810. The van der Waals surface area contributed by atoms with Gasteiger partial charge in [-0.1, -0.05) is 31.2 Å². The number of hydrogen-bond donors (Lipinski definition) is 3. The van der Waals surface area contributed by atoms with Crippen LogP contribution in [0.5, 0.6) is 5.75 Å². The van der Waals surface area contributed by atoms with Gasteiger partial charge in [0, 0.05) is 43.4 Å². The lowest BCUT2D eigenvalue weighted by Gasteiger charge is -2.16. The van der Waals surface area contributed by atoms with Crippen LogP contribution in [0.2, 0.25) is 0 Å². The summed E-state index contributed by atoms with van der Waals surface area (Å²) in [5, 5.41) is 9.38. The van der Waals surface area contributed by atoms with Gasteiger partial charge in [-0.2, -0.15) is 0 Å². The number of hydrogen-bond acceptors (Lipinski definition) is 4. The Hall–Kier alpha value is -2.67. The Labute approximate surface area is 183 Å². The number of rotatable bonds is 10. The van der Waals surface area contributed by atoms with Crippen LogP contribution in [-0.2, 0) is 6.42 Å². The SMILES string of the molecule is CN=C(NCCc1cccc(C(=O)NC)c1)NCC(C)CSc1ccccc1OC. The van der Waals surface area contributed by atoms with Gasteiger partial charge in [-0.05, 0) is 42.2 Å². The van der Waals surface area contributed by atoms with E-state index in [-0.39, 0.29) is 5.91 Å². The topological polar surface area (TPSA) is 74.8 Å². The Balaban J connectivity index is 1.73. The van der Waals surface area contributed by atoms with Gasteiger partial charge in [-0.25, -0.2) is 0 Å². The molecule has 0 aliphatic rings. The van der Waals surface area contributed by atoms with Crippen LogP contribution in [0.15, 0.2) is 58.4 Å². The normalized spacial score (nSPS) is 12.2. The lowest BCUT2D eigenvalue weighted by Crippen LogP contribution is -2.40. The number of carbonyl (C=O) groups is 1. The Morgan fingerprint density at radius 2 is 1.97 bits per heavy atom. The Morgan fingerprint density at radius 1 is 1.17 bits per heavy atom. The Morgan fingerprint density at radius 3 is 2.70 bits per heavy atom. The highest BCUT2D eigenvalue weighted by Gasteiger charge is 2.08. The van der Waals surface area contributed by atoms with Gasteiger partial charge in [-0.15, -0.1) is 11.8 Å². The van der Waals surface area contributed by atoms with Crippen molar-refractivity contribution in [2.24, 2.45) is 10.9 Å². The molecule has 0 fully saturated rings. The van der Waals surface area contributed by atoms with Crippen molar-refractivity contribution in [2.75, 3.05) is 40.0 Å². The molecule has 0 heterocycles. The lowest BCUT2D eigenvalue weighted by atomic mass is 10.1. The second kappa shape index (κ2) is 12.8. The van der Waals surface area contributed by atoms with Gasteiger partial charge in [0.2, 0.25) is 0 Å². The highest BCUT2D eigenvalue weighted by atomic mass is 32.2. The summed E-state index contributed by atoms with van der Waals surface area (Å²) in [5.41, 5.74) is 1.79. The number of aliphatic imine (C=N–C) groups is 1. The van der Waals surface area contributed by atoms with Gasteiger partial charge in [-0.3, -0.25) is 9.79 Å². The minimum absolute atomic E-state index is 0.0673. The maximum Gasteiger partial charge on any atom is 0.251 e. The van der Waals surface area contributed by atoms with Crippen molar-refractivity contribution >= 4 is 23.6 Å². The predicted molar refractivity (Wildman–Crippen MR) is 126 cm³/mol. The number of nitrogens with one attached hydrogen (secondary N) is 3. The first-order chi connectivity index (χ1) is 14.6. The molecular formula is C23H32N4O2S. The van der Waals surface area contributed by atoms with Crippen molar-refractivity contribution in [3.05, 3.63) is 59.7 Å². The Kier molecular flexibility index (Phi) is 10.1. The first-order valence-corrected chi connectivity index (χ1v) is 11.1. The standard InChI is InChI=1S/C23H32N4O2S/c1-17(16-30-21-11-6-5-10-20(21)29-4)15-27-23(25-3)26-13-12-18-8-7-9-19(14-18)22(28)24-2/h5-11,14,17H,12-13,15-16H2,1-4H3,(H,24,28)(H2,25,26,27). The van der Waals surface area contributed by atoms with E-state index in [1.54, 1.807) is 33.0 Å². The van der Waals surface area contributed by atoms with E-state index in [0.717, 1.165) is 47.4 Å². The second-order valence-corrected chi connectivity index (χ2v) is 8.04. The zero-order valence-electron chi connectivity index (χ0n) is 18.2. The molecule has 1 atom stereocenters. The molecule has 0 aliphatic carbocycles. The minimum Gasteiger partial charge on any atom is -0.496 e. The predicted octanol–water partition coefficient (Wildman–Crippen LogP) is 3.19. The number of benzene rings is 2. The average Bonchev–Trinajstić information content (AvgIpc) is 2.79. The molecule has 162 valence electrons. The molecule has 7 heteroatoms. The van der Waals surface area contributed by atoms with Crippen molar-refractivity contribution in [3.8, 4) is 5.75 Å². The van der Waals surface area contributed by atoms with Gasteiger partial charge in [0.05, 0.1) is 7.11 Å². The highest BCUT2D eigenvalue weighted by Crippen LogP contribution is 2.29. The molecule has 1 unspecified atom stereocenters. The highest BCUT2D eigenvalue weighted by molar-refractivity contribution is 7.99. The molecule has 0 saturated heterocycles. The van der Waals surface area contributed by atoms with E-state index in [4.69, 9.17) is 4.74 Å². The molecule has 0 radical (unpaired) electrons. The largest absolute Gasteiger partial charge is 0.496 e. The summed E-state index contributed by atoms with van der Waals surface area (Å²) in [6, 6.07) is 15.8. The number of amides is 1. The first kappa shape index (κ1) is 23.6. The third kappa shape index (κ3) is 7.63. The molecule has 0 spiro atoms. The first-order valence-electron chi connectivity index (χ1n) is 10.1. The van der Waals surface area contributed by atoms with E-state index >= 15 is 0 Å². The molecular weight excluding hydrogens is 396 g/mol. The summed E-state index contributed by atoms with van der Waals surface area (Å²) >= 11 is 1.80. The summed E-state index contributed by atoms with van der Waals surface area (Å²) in [5.74, 6) is 3.08. The van der Waals surface area contributed by atoms with E-state index < -0.39 is 0 Å². The van der Waals surface area contributed by atoms with Crippen LogP contribution >= 0.6 is 11.8 Å². The van der Waals surface area contributed by atoms with Gasteiger partial charge in [0.1, 0.15) is 5.75 Å². The zero-order chi connectivity index (χ0) is 21.8. The average molecular weight is 429 g/mol. The van der Waals surface area contributed by atoms with Gasteiger partial charge in [0.15, 0.2) is 5.96 Å². The fourth-order valence-corrected chi connectivity index (χ4v) is 3.91. The number of methoxy groups -OCH3 is 1. The van der Waals surface area contributed by atoms with Crippen LogP contribution < -0.4 is 20.7 Å². The van der Waals surface area contributed by atoms with E-state index in [0.29, 0.717) is 11.5 Å². The summed E-state index contributed by atoms with van der Waals surface area (Å²) in [4.78, 5) is 17.2. The fraction of sp³-hybridized carbons (Fsp3) is 0.391. The smallest absolute Gasteiger partial charge is 0.251 e. The third-order valence-electron chi connectivity index (χ3n) is 4.56.